The zero-order valence-corrected chi connectivity index (χ0v) is 11.1. The van der Waals surface area contributed by atoms with Gasteiger partial charge in [-0.05, 0) is 41.8 Å². The third-order valence-electron chi connectivity index (χ3n) is 3.29. The molecule has 2 heterocycles. The van der Waals surface area contributed by atoms with Crippen molar-refractivity contribution in [3.63, 3.8) is 0 Å². The Morgan fingerprint density at radius 2 is 1.89 bits per heavy atom. The maximum atomic E-state index is 5.79. The summed E-state index contributed by atoms with van der Waals surface area (Å²) in [6.45, 7) is 4.03. The molecule has 0 aliphatic heterocycles. The normalized spacial score (nSPS) is 11.0. The van der Waals surface area contributed by atoms with Crippen molar-refractivity contribution in [3.05, 3.63) is 40.8 Å². The minimum absolute atomic E-state index is 0.509. The number of nitrogens with zero attached hydrogens (tertiary/aromatic N) is 2. The molecule has 3 aromatic rings. The predicted octanol–water partition coefficient (Wildman–Crippen LogP) is 3.56. The summed E-state index contributed by atoms with van der Waals surface area (Å²) in [4.78, 5) is 0. The van der Waals surface area contributed by atoms with Gasteiger partial charge in [-0.3, -0.25) is 0 Å². The Morgan fingerprint density at radius 3 is 2.72 bits per heavy atom. The van der Waals surface area contributed by atoms with Gasteiger partial charge in [0.1, 0.15) is 5.82 Å². The molecule has 18 heavy (non-hydrogen) atoms. The lowest BCUT2D eigenvalue weighted by molar-refractivity contribution is 1.02. The number of hydrogen-bond acceptors (Lipinski definition) is 4. The van der Waals surface area contributed by atoms with Gasteiger partial charge < -0.3 is 5.73 Å². The van der Waals surface area contributed by atoms with Gasteiger partial charge in [0.25, 0.3) is 0 Å². The molecule has 0 saturated heterocycles. The van der Waals surface area contributed by atoms with Gasteiger partial charge >= 0.3 is 0 Å². The molecule has 0 unspecified atom stereocenters. The van der Waals surface area contributed by atoms with Crippen LogP contribution in [-0.2, 0) is 0 Å². The van der Waals surface area contributed by atoms with Crippen molar-refractivity contribution < 1.29 is 0 Å². The van der Waals surface area contributed by atoms with Crippen LogP contribution in [0.1, 0.15) is 11.1 Å². The molecular weight excluding hydrogens is 242 g/mol. The zero-order chi connectivity index (χ0) is 12.7. The summed E-state index contributed by atoms with van der Waals surface area (Å²) < 4.78 is 1.25. The molecule has 0 fully saturated rings. The van der Waals surface area contributed by atoms with E-state index in [9.17, 15) is 0 Å². The van der Waals surface area contributed by atoms with Crippen molar-refractivity contribution in [2.45, 2.75) is 13.8 Å². The quantitative estimate of drug-likeness (QED) is 0.723. The smallest absolute Gasteiger partial charge is 0.149 e. The molecule has 0 aliphatic rings. The minimum Gasteiger partial charge on any atom is -0.382 e. The second kappa shape index (κ2) is 4.07. The molecule has 2 aromatic heterocycles. The third-order valence-corrected chi connectivity index (χ3v) is 4.26. The van der Waals surface area contributed by atoms with Crippen LogP contribution in [0.25, 0.3) is 21.3 Å². The lowest BCUT2D eigenvalue weighted by Crippen LogP contribution is -2.02. The molecular formula is C14H13N3S. The SMILES string of the molecule is Cc1c(N)nnc(-c2cccc3ccsc23)c1C. The van der Waals surface area contributed by atoms with Crippen LogP contribution in [0.5, 0.6) is 0 Å². The van der Waals surface area contributed by atoms with E-state index < -0.39 is 0 Å². The van der Waals surface area contributed by atoms with Crippen molar-refractivity contribution >= 4 is 27.2 Å². The Morgan fingerprint density at radius 1 is 1.06 bits per heavy atom. The Hall–Kier alpha value is -1.94. The number of rotatable bonds is 1. The van der Waals surface area contributed by atoms with Crippen LogP contribution < -0.4 is 5.73 Å². The van der Waals surface area contributed by atoms with E-state index >= 15 is 0 Å². The van der Waals surface area contributed by atoms with Crippen LogP contribution in [0.2, 0.25) is 0 Å². The molecule has 0 atom stereocenters. The molecule has 0 radical (unpaired) electrons. The highest BCUT2D eigenvalue weighted by atomic mass is 32.1. The number of fused-ring (bicyclic) bond motifs is 1. The van der Waals surface area contributed by atoms with Crippen LogP contribution in [0.4, 0.5) is 5.82 Å². The number of nitrogens with two attached hydrogens (primary N) is 1. The first kappa shape index (κ1) is 11.2. The maximum absolute atomic E-state index is 5.79. The average Bonchev–Trinajstić information content (AvgIpc) is 2.84. The summed E-state index contributed by atoms with van der Waals surface area (Å²) in [6, 6.07) is 8.38. The van der Waals surface area contributed by atoms with Crippen molar-refractivity contribution in [3.8, 4) is 11.3 Å². The van der Waals surface area contributed by atoms with E-state index in [-0.39, 0.29) is 0 Å². The summed E-state index contributed by atoms with van der Waals surface area (Å²) in [5, 5.41) is 11.7. The second-order valence-corrected chi connectivity index (χ2v) is 5.24. The highest BCUT2D eigenvalue weighted by molar-refractivity contribution is 7.17. The van der Waals surface area contributed by atoms with Crippen molar-refractivity contribution in [2.24, 2.45) is 0 Å². The van der Waals surface area contributed by atoms with E-state index in [0.717, 1.165) is 22.4 Å². The lowest BCUT2D eigenvalue weighted by atomic mass is 10.0. The molecule has 0 aliphatic carbocycles. The maximum Gasteiger partial charge on any atom is 0.149 e. The number of benzene rings is 1. The van der Waals surface area contributed by atoms with E-state index in [0.29, 0.717) is 5.82 Å². The Kier molecular flexibility index (Phi) is 2.52. The fourth-order valence-electron chi connectivity index (χ4n) is 2.06. The molecule has 0 amide bonds. The Labute approximate surface area is 109 Å². The number of nitrogen functional groups attached to an aromatic ring is 1. The van der Waals surface area contributed by atoms with Crippen molar-refractivity contribution in [2.75, 3.05) is 5.73 Å². The number of anilines is 1. The summed E-state index contributed by atoms with van der Waals surface area (Å²) in [5.74, 6) is 0.509. The number of aromatic nitrogens is 2. The molecule has 0 bridgehead atoms. The van der Waals surface area contributed by atoms with Crippen LogP contribution in [0.3, 0.4) is 0 Å². The highest BCUT2D eigenvalue weighted by Crippen LogP contribution is 2.33. The van der Waals surface area contributed by atoms with Crippen LogP contribution in [-0.4, -0.2) is 10.2 Å². The molecule has 0 spiro atoms. The van der Waals surface area contributed by atoms with Crippen LogP contribution >= 0.6 is 11.3 Å². The Bertz CT molecular complexity index is 731. The first-order chi connectivity index (χ1) is 8.68. The fraction of sp³-hybridized carbons (Fsp3) is 0.143. The molecule has 2 N–H and O–H groups in total. The summed E-state index contributed by atoms with van der Waals surface area (Å²) in [7, 11) is 0. The monoisotopic (exact) mass is 255 g/mol. The van der Waals surface area contributed by atoms with Crippen molar-refractivity contribution in [1.82, 2.24) is 10.2 Å². The minimum atomic E-state index is 0.509. The van der Waals surface area contributed by atoms with Gasteiger partial charge in [-0.2, -0.15) is 0 Å². The first-order valence-corrected chi connectivity index (χ1v) is 6.62. The summed E-state index contributed by atoms with van der Waals surface area (Å²) >= 11 is 1.73. The molecule has 0 saturated carbocycles. The van der Waals surface area contributed by atoms with Gasteiger partial charge in [-0.1, -0.05) is 18.2 Å². The van der Waals surface area contributed by atoms with E-state index in [1.54, 1.807) is 11.3 Å². The largest absolute Gasteiger partial charge is 0.382 e. The molecule has 1 aromatic carbocycles. The van der Waals surface area contributed by atoms with Gasteiger partial charge in [0.2, 0.25) is 0 Å². The second-order valence-electron chi connectivity index (χ2n) is 4.33. The van der Waals surface area contributed by atoms with Gasteiger partial charge in [0.15, 0.2) is 0 Å². The molecule has 90 valence electrons. The molecule has 3 nitrogen and oxygen atoms in total. The van der Waals surface area contributed by atoms with Crippen LogP contribution in [0, 0.1) is 13.8 Å². The van der Waals surface area contributed by atoms with Gasteiger partial charge in [-0.25, -0.2) is 0 Å². The number of hydrogen-bond donors (Lipinski definition) is 1. The van der Waals surface area contributed by atoms with Gasteiger partial charge in [0.05, 0.1) is 5.69 Å². The summed E-state index contributed by atoms with van der Waals surface area (Å²) in [5.41, 5.74) is 9.96. The van der Waals surface area contributed by atoms with Gasteiger partial charge in [-0.15, -0.1) is 21.5 Å². The highest BCUT2D eigenvalue weighted by Gasteiger charge is 2.12. The van der Waals surface area contributed by atoms with E-state index in [1.165, 1.54) is 10.1 Å². The lowest BCUT2D eigenvalue weighted by Gasteiger charge is -2.09. The van der Waals surface area contributed by atoms with Crippen molar-refractivity contribution in [1.29, 1.82) is 0 Å². The predicted molar refractivity (Wildman–Crippen MR) is 76.7 cm³/mol. The fourth-order valence-corrected chi connectivity index (χ4v) is 2.97. The third kappa shape index (κ3) is 1.57. The van der Waals surface area contributed by atoms with Crippen LogP contribution in [0.15, 0.2) is 29.6 Å². The average molecular weight is 255 g/mol. The first-order valence-electron chi connectivity index (χ1n) is 5.74. The Balaban J connectivity index is 2.33. The topological polar surface area (TPSA) is 51.8 Å². The standard InChI is InChI=1S/C14H13N3S/c1-8-9(2)14(15)17-16-12(8)11-5-3-4-10-6-7-18-13(10)11/h3-7H,1-2H3,(H2,15,17). The number of thiophene rings is 1. The summed E-state index contributed by atoms with van der Waals surface area (Å²) in [6.07, 6.45) is 0. The van der Waals surface area contributed by atoms with E-state index in [1.807, 2.05) is 13.8 Å². The molecule has 3 rings (SSSR count). The van der Waals surface area contributed by atoms with Gasteiger partial charge in [0, 0.05) is 10.3 Å². The molecule has 4 heteroatoms. The zero-order valence-electron chi connectivity index (χ0n) is 10.3. The van der Waals surface area contributed by atoms with E-state index in [2.05, 4.69) is 39.8 Å². The van der Waals surface area contributed by atoms with E-state index in [4.69, 9.17) is 5.73 Å².